The van der Waals surface area contributed by atoms with E-state index in [1.165, 1.54) is 12.5 Å². The van der Waals surface area contributed by atoms with Gasteiger partial charge in [-0.25, -0.2) is 4.39 Å². The van der Waals surface area contributed by atoms with E-state index in [1.54, 1.807) is 12.1 Å². The van der Waals surface area contributed by atoms with Crippen molar-refractivity contribution in [1.29, 1.82) is 0 Å². The zero-order valence-corrected chi connectivity index (χ0v) is 11.1. The lowest BCUT2D eigenvalue weighted by atomic mass is 9.83. The van der Waals surface area contributed by atoms with Crippen molar-refractivity contribution in [2.24, 2.45) is 0 Å². The third kappa shape index (κ3) is 2.89. The van der Waals surface area contributed by atoms with Gasteiger partial charge in [0.1, 0.15) is 5.82 Å². The van der Waals surface area contributed by atoms with Gasteiger partial charge < -0.3 is 5.32 Å². The highest BCUT2D eigenvalue weighted by Gasteiger charge is 2.29. The molecule has 98 valence electrons. The van der Waals surface area contributed by atoms with E-state index in [4.69, 9.17) is 0 Å². The molecule has 0 bridgehead atoms. The Hall–Kier alpha value is -1.38. The van der Waals surface area contributed by atoms with Gasteiger partial charge in [0.15, 0.2) is 0 Å². The van der Waals surface area contributed by atoms with Gasteiger partial charge in [0.25, 0.3) is 5.91 Å². The van der Waals surface area contributed by atoms with Crippen molar-refractivity contribution < 1.29 is 9.18 Å². The van der Waals surface area contributed by atoms with Gasteiger partial charge in [-0.1, -0.05) is 30.9 Å². The highest BCUT2D eigenvalue weighted by Crippen LogP contribution is 2.28. The fraction of sp³-hybridized carbons (Fsp3) is 0.533. The number of carbonyl (C=O) groups excluding carboxylic acids is 1. The summed E-state index contributed by atoms with van der Waals surface area (Å²) in [5.74, 6) is -0.738. The Morgan fingerprint density at radius 2 is 1.94 bits per heavy atom. The van der Waals surface area contributed by atoms with Crippen LogP contribution in [0.1, 0.15) is 54.9 Å². The second-order valence-electron chi connectivity index (χ2n) is 5.56. The van der Waals surface area contributed by atoms with E-state index < -0.39 is 5.82 Å². The second kappa shape index (κ2) is 5.09. The molecule has 0 aromatic heterocycles. The molecule has 1 fully saturated rings. The van der Waals surface area contributed by atoms with Crippen LogP contribution in [0.4, 0.5) is 4.39 Å². The number of hydrogen-bond acceptors (Lipinski definition) is 1. The molecule has 0 atom stereocenters. The summed E-state index contributed by atoms with van der Waals surface area (Å²) in [6.45, 7) is 3.91. The van der Waals surface area contributed by atoms with Crippen LogP contribution in [0, 0.1) is 12.7 Å². The number of carbonyl (C=O) groups is 1. The molecule has 0 unspecified atom stereocenters. The normalized spacial score (nSPS) is 18.4. The van der Waals surface area contributed by atoms with Gasteiger partial charge in [-0.05, 0) is 38.8 Å². The lowest BCUT2D eigenvalue weighted by molar-refractivity contribution is 0.0878. The molecule has 2 rings (SSSR count). The largest absolute Gasteiger partial charge is 0.347 e. The first-order valence-electron chi connectivity index (χ1n) is 6.59. The van der Waals surface area contributed by atoms with Crippen molar-refractivity contribution in [2.75, 3.05) is 0 Å². The minimum Gasteiger partial charge on any atom is -0.347 e. The molecular formula is C15H20FNO. The molecule has 1 aliphatic rings. The summed E-state index contributed by atoms with van der Waals surface area (Å²) >= 11 is 0. The van der Waals surface area contributed by atoms with Crippen LogP contribution in [0.5, 0.6) is 0 Å². The van der Waals surface area contributed by atoms with E-state index in [2.05, 4.69) is 12.2 Å². The molecule has 1 amide bonds. The zero-order chi connectivity index (χ0) is 13.2. The predicted octanol–water partition coefficient (Wildman–Crippen LogP) is 3.59. The highest BCUT2D eigenvalue weighted by atomic mass is 19.1. The maximum atomic E-state index is 13.6. The Morgan fingerprint density at radius 1 is 1.28 bits per heavy atom. The molecule has 1 aliphatic carbocycles. The molecule has 1 saturated carbocycles. The van der Waals surface area contributed by atoms with Crippen molar-refractivity contribution in [3.8, 4) is 0 Å². The van der Waals surface area contributed by atoms with Gasteiger partial charge in [-0.3, -0.25) is 4.79 Å². The molecule has 1 N–H and O–H groups in total. The molecule has 0 radical (unpaired) electrons. The Bertz CT molecular complexity index is 450. The smallest absolute Gasteiger partial charge is 0.254 e. The van der Waals surface area contributed by atoms with Crippen LogP contribution >= 0.6 is 0 Å². The number of aryl methyl sites for hydroxylation is 1. The minimum atomic E-state index is -0.447. The first-order valence-corrected chi connectivity index (χ1v) is 6.59. The van der Waals surface area contributed by atoms with E-state index in [0.717, 1.165) is 31.2 Å². The average molecular weight is 249 g/mol. The standard InChI is InChI=1S/C15H20FNO/c1-11-6-7-13(16)12(10-11)14(18)17-15(2)8-4-3-5-9-15/h6-7,10H,3-5,8-9H2,1-2H3,(H,17,18). The van der Waals surface area contributed by atoms with Crippen LogP contribution in [0.3, 0.4) is 0 Å². The van der Waals surface area contributed by atoms with Crippen LogP contribution in [-0.4, -0.2) is 11.4 Å². The van der Waals surface area contributed by atoms with Crippen molar-refractivity contribution in [2.45, 2.75) is 51.5 Å². The summed E-state index contributed by atoms with van der Waals surface area (Å²) in [7, 11) is 0. The number of hydrogen-bond donors (Lipinski definition) is 1. The van der Waals surface area contributed by atoms with E-state index >= 15 is 0 Å². The van der Waals surface area contributed by atoms with Crippen molar-refractivity contribution in [3.63, 3.8) is 0 Å². The molecule has 0 aliphatic heterocycles. The number of benzene rings is 1. The van der Waals surface area contributed by atoms with Crippen molar-refractivity contribution in [1.82, 2.24) is 5.32 Å². The van der Waals surface area contributed by atoms with Crippen molar-refractivity contribution in [3.05, 3.63) is 35.1 Å². The maximum Gasteiger partial charge on any atom is 0.254 e. The van der Waals surface area contributed by atoms with Crippen molar-refractivity contribution >= 4 is 5.91 Å². The summed E-state index contributed by atoms with van der Waals surface area (Å²) in [5, 5.41) is 3.00. The summed E-state index contributed by atoms with van der Waals surface area (Å²) < 4.78 is 13.6. The van der Waals surface area contributed by atoms with Crippen LogP contribution < -0.4 is 5.32 Å². The molecule has 1 aromatic rings. The molecule has 0 heterocycles. The molecule has 18 heavy (non-hydrogen) atoms. The summed E-state index contributed by atoms with van der Waals surface area (Å²) in [5.41, 5.74) is 0.878. The molecule has 0 saturated heterocycles. The summed E-state index contributed by atoms with van der Waals surface area (Å²) in [6, 6.07) is 4.64. The fourth-order valence-electron chi connectivity index (χ4n) is 2.61. The quantitative estimate of drug-likeness (QED) is 0.852. The lowest BCUT2D eigenvalue weighted by Crippen LogP contribution is -2.47. The van der Waals surface area contributed by atoms with Gasteiger partial charge in [0.2, 0.25) is 0 Å². The summed E-state index contributed by atoms with van der Waals surface area (Å²) in [4.78, 5) is 12.1. The molecule has 1 aromatic carbocycles. The van der Waals surface area contributed by atoms with Crippen LogP contribution in [0.15, 0.2) is 18.2 Å². The van der Waals surface area contributed by atoms with E-state index in [9.17, 15) is 9.18 Å². The van der Waals surface area contributed by atoms with Gasteiger partial charge >= 0.3 is 0 Å². The molecule has 2 nitrogen and oxygen atoms in total. The van der Waals surface area contributed by atoms with Gasteiger partial charge in [-0.2, -0.15) is 0 Å². The Labute approximate surface area is 108 Å². The number of halogens is 1. The topological polar surface area (TPSA) is 29.1 Å². The van der Waals surface area contributed by atoms with E-state index in [0.29, 0.717) is 0 Å². The zero-order valence-electron chi connectivity index (χ0n) is 11.1. The number of amides is 1. The number of rotatable bonds is 2. The van der Waals surface area contributed by atoms with E-state index in [-0.39, 0.29) is 17.0 Å². The maximum absolute atomic E-state index is 13.6. The monoisotopic (exact) mass is 249 g/mol. The molecular weight excluding hydrogens is 229 g/mol. The van der Waals surface area contributed by atoms with Gasteiger partial charge in [0, 0.05) is 5.54 Å². The second-order valence-corrected chi connectivity index (χ2v) is 5.56. The Morgan fingerprint density at radius 3 is 2.61 bits per heavy atom. The summed E-state index contributed by atoms with van der Waals surface area (Å²) in [6.07, 6.45) is 5.45. The van der Waals surface area contributed by atoms with Crippen LogP contribution in [-0.2, 0) is 0 Å². The number of nitrogens with one attached hydrogen (secondary N) is 1. The minimum absolute atomic E-state index is 0.154. The fourth-order valence-corrected chi connectivity index (χ4v) is 2.61. The van der Waals surface area contributed by atoms with Crippen LogP contribution in [0.2, 0.25) is 0 Å². The third-order valence-electron chi connectivity index (χ3n) is 3.74. The first kappa shape index (κ1) is 13.1. The van der Waals surface area contributed by atoms with E-state index in [1.807, 2.05) is 6.92 Å². The first-order chi connectivity index (χ1) is 8.50. The third-order valence-corrected chi connectivity index (χ3v) is 3.74. The highest BCUT2D eigenvalue weighted by molar-refractivity contribution is 5.95. The SMILES string of the molecule is Cc1ccc(F)c(C(=O)NC2(C)CCCCC2)c1. The Balaban J connectivity index is 2.14. The lowest BCUT2D eigenvalue weighted by Gasteiger charge is -2.34. The molecule has 3 heteroatoms. The molecule has 0 spiro atoms. The Kier molecular flexibility index (Phi) is 3.69. The van der Waals surface area contributed by atoms with Gasteiger partial charge in [-0.15, -0.1) is 0 Å². The average Bonchev–Trinajstić information content (AvgIpc) is 2.32. The van der Waals surface area contributed by atoms with Crippen LogP contribution in [0.25, 0.3) is 0 Å². The predicted molar refractivity (Wildman–Crippen MR) is 70.1 cm³/mol. The van der Waals surface area contributed by atoms with Gasteiger partial charge in [0.05, 0.1) is 5.56 Å².